The van der Waals surface area contributed by atoms with E-state index in [1.807, 2.05) is 0 Å². The van der Waals surface area contributed by atoms with E-state index in [0.29, 0.717) is 0 Å². The second-order valence-corrected chi connectivity index (χ2v) is 5.92. The summed E-state index contributed by atoms with van der Waals surface area (Å²) in [6, 6.07) is 0.796. The van der Waals surface area contributed by atoms with Crippen LogP contribution in [0.15, 0.2) is 0 Å². The molecular formula is C14H32N4. The zero-order chi connectivity index (χ0) is 13.4. The number of hydrogen-bond acceptors (Lipinski definition) is 4. The normalized spacial score (nSPS) is 19.0. The van der Waals surface area contributed by atoms with E-state index in [9.17, 15) is 0 Å². The van der Waals surface area contributed by atoms with Crippen LogP contribution >= 0.6 is 0 Å². The zero-order valence-electron chi connectivity index (χ0n) is 12.8. The number of rotatable bonds is 8. The van der Waals surface area contributed by atoms with Gasteiger partial charge in [-0.1, -0.05) is 0 Å². The van der Waals surface area contributed by atoms with Crippen LogP contribution in [0.1, 0.15) is 19.3 Å². The van der Waals surface area contributed by atoms with Crippen molar-refractivity contribution in [3.63, 3.8) is 0 Å². The van der Waals surface area contributed by atoms with Gasteiger partial charge in [-0.2, -0.15) is 0 Å². The molecule has 1 heterocycles. The first-order chi connectivity index (χ1) is 8.59. The Kier molecular flexibility index (Phi) is 7.82. The largest absolute Gasteiger partial charge is 0.315 e. The third-order valence-corrected chi connectivity index (χ3v) is 3.91. The first kappa shape index (κ1) is 15.9. The zero-order valence-corrected chi connectivity index (χ0v) is 12.8. The van der Waals surface area contributed by atoms with E-state index in [1.165, 1.54) is 45.4 Å². The van der Waals surface area contributed by atoms with Crippen LogP contribution in [0.4, 0.5) is 0 Å². The summed E-state index contributed by atoms with van der Waals surface area (Å²) in [4.78, 5) is 7.21. The maximum atomic E-state index is 3.54. The number of piperidine rings is 1. The summed E-state index contributed by atoms with van der Waals surface area (Å²) in [5.74, 6) is 0. The molecular weight excluding hydrogens is 224 g/mol. The van der Waals surface area contributed by atoms with Crippen molar-refractivity contribution in [3.8, 4) is 0 Å². The van der Waals surface area contributed by atoms with Crippen molar-refractivity contribution < 1.29 is 0 Å². The summed E-state index contributed by atoms with van der Waals surface area (Å²) >= 11 is 0. The average Bonchev–Trinajstić information content (AvgIpc) is 2.34. The molecule has 0 saturated carbocycles. The lowest BCUT2D eigenvalue weighted by atomic mass is 10.0. The van der Waals surface area contributed by atoms with Gasteiger partial charge in [0, 0.05) is 19.1 Å². The SMILES string of the molecule is CN(C)CCCNCCN(C)C1CCN(C)CC1. The Bertz CT molecular complexity index is 200. The second-order valence-electron chi connectivity index (χ2n) is 5.92. The summed E-state index contributed by atoms with van der Waals surface area (Å²) in [6.45, 7) is 7.13. The van der Waals surface area contributed by atoms with Crippen molar-refractivity contribution >= 4 is 0 Å². The molecule has 0 aromatic heterocycles. The Morgan fingerprint density at radius 1 is 1.06 bits per heavy atom. The molecule has 1 fully saturated rings. The van der Waals surface area contributed by atoms with Crippen molar-refractivity contribution in [2.45, 2.75) is 25.3 Å². The smallest absolute Gasteiger partial charge is 0.0117 e. The van der Waals surface area contributed by atoms with E-state index in [1.54, 1.807) is 0 Å². The topological polar surface area (TPSA) is 21.8 Å². The van der Waals surface area contributed by atoms with Gasteiger partial charge in [-0.25, -0.2) is 0 Å². The van der Waals surface area contributed by atoms with Crippen LogP contribution in [0.2, 0.25) is 0 Å². The van der Waals surface area contributed by atoms with E-state index >= 15 is 0 Å². The molecule has 0 atom stereocenters. The molecule has 1 N–H and O–H groups in total. The second kappa shape index (κ2) is 8.86. The van der Waals surface area contributed by atoms with Crippen molar-refractivity contribution in [1.82, 2.24) is 20.0 Å². The standard InChI is InChI=1S/C14H32N4/c1-16(2)10-5-8-15-9-13-18(4)14-6-11-17(3)12-7-14/h14-15H,5-13H2,1-4H3. The summed E-state index contributed by atoms with van der Waals surface area (Å²) in [6.07, 6.45) is 3.90. The van der Waals surface area contributed by atoms with Gasteiger partial charge in [0.05, 0.1) is 0 Å². The third kappa shape index (κ3) is 6.69. The molecule has 0 aromatic carbocycles. The molecule has 0 radical (unpaired) electrons. The first-order valence-electron chi connectivity index (χ1n) is 7.34. The highest BCUT2D eigenvalue weighted by molar-refractivity contribution is 4.76. The third-order valence-electron chi connectivity index (χ3n) is 3.91. The van der Waals surface area contributed by atoms with Crippen LogP contribution in [-0.4, -0.2) is 88.2 Å². The summed E-state index contributed by atoms with van der Waals surface area (Å²) < 4.78 is 0. The van der Waals surface area contributed by atoms with E-state index in [-0.39, 0.29) is 0 Å². The summed E-state index contributed by atoms with van der Waals surface area (Å²) in [7, 11) is 8.77. The molecule has 1 saturated heterocycles. The van der Waals surface area contributed by atoms with Crippen LogP contribution < -0.4 is 5.32 Å². The number of nitrogens with zero attached hydrogens (tertiary/aromatic N) is 3. The molecule has 18 heavy (non-hydrogen) atoms. The average molecular weight is 256 g/mol. The summed E-state index contributed by atoms with van der Waals surface area (Å²) in [5.41, 5.74) is 0. The van der Waals surface area contributed by atoms with Crippen LogP contribution in [0, 0.1) is 0 Å². The van der Waals surface area contributed by atoms with Gasteiger partial charge in [0.2, 0.25) is 0 Å². The van der Waals surface area contributed by atoms with E-state index in [2.05, 4.69) is 48.2 Å². The highest BCUT2D eigenvalue weighted by Gasteiger charge is 2.19. The predicted octanol–water partition coefficient (Wildman–Crippen LogP) is 0.554. The highest BCUT2D eigenvalue weighted by atomic mass is 15.2. The maximum absolute atomic E-state index is 3.54. The van der Waals surface area contributed by atoms with Gasteiger partial charge >= 0.3 is 0 Å². The van der Waals surface area contributed by atoms with Crippen molar-refractivity contribution in [3.05, 3.63) is 0 Å². The molecule has 0 bridgehead atoms. The molecule has 0 aromatic rings. The van der Waals surface area contributed by atoms with Crippen molar-refractivity contribution in [1.29, 1.82) is 0 Å². The van der Waals surface area contributed by atoms with Crippen LogP contribution in [0.5, 0.6) is 0 Å². The fourth-order valence-corrected chi connectivity index (χ4v) is 2.52. The van der Waals surface area contributed by atoms with Gasteiger partial charge < -0.3 is 20.0 Å². The first-order valence-corrected chi connectivity index (χ1v) is 7.34. The number of likely N-dealkylation sites (tertiary alicyclic amines) is 1. The monoisotopic (exact) mass is 256 g/mol. The lowest BCUT2D eigenvalue weighted by molar-refractivity contribution is 0.145. The Labute approximate surface area is 113 Å². The highest BCUT2D eigenvalue weighted by Crippen LogP contribution is 2.13. The van der Waals surface area contributed by atoms with E-state index < -0.39 is 0 Å². The molecule has 0 spiro atoms. The molecule has 1 aliphatic rings. The Morgan fingerprint density at radius 2 is 1.72 bits per heavy atom. The molecule has 108 valence electrons. The van der Waals surface area contributed by atoms with Gasteiger partial charge in [0.1, 0.15) is 0 Å². The fourth-order valence-electron chi connectivity index (χ4n) is 2.52. The Hall–Kier alpha value is -0.160. The fraction of sp³-hybridized carbons (Fsp3) is 1.00. The quantitative estimate of drug-likeness (QED) is 0.640. The lowest BCUT2D eigenvalue weighted by Gasteiger charge is -2.35. The summed E-state index contributed by atoms with van der Waals surface area (Å²) in [5, 5.41) is 3.54. The van der Waals surface area contributed by atoms with E-state index in [0.717, 1.165) is 19.1 Å². The minimum absolute atomic E-state index is 0.796. The van der Waals surface area contributed by atoms with E-state index in [4.69, 9.17) is 0 Å². The maximum Gasteiger partial charge on any atom is 0.0117 e. The van der Waals surface area contributed by atoms with Gasteiger partial charge in [-0.05, 0) is 73.6 Å². The molecule has 4 heteroatoms. The molecule has 1 rings (SSSR count). The lowest BCUT2D eigenvalue weighted by Crippen LogP contribution is -2.44. The van der Waals surface area contributed by atoms with Gasteiger partial charge in [-0.3, -0.25) is 0 Å². The molecule has 1 aliphatic heterocycles. The Balaban J connectivity index is 1.98. The predicted molar refractivity (Wildman–Crippen MR) is 79.2 cm³/mol. The molecule has 4 nitrogen and oxygen atoms in total. The minimum atomic E-state index is 0.796. The molecule has 0 amide bonds. The number of hydrogen-bond donors (Lipinski definition) is 1. The number of likely N-dealkylation sites (N-methyl/N-ethyl adjacent to an activating group) is 1. The van der Waals surface area contributed by atoms with Gasteiger partial charge in [0.25, 0.3) is 0 Å². The van der Waals surface area contributed by atoms with Crippen molar-refractivity contribution in [2.75, 3.05) is 67.5 Å². The van der Waals surface area contributed by atoms with Gasteiger partial charge in [-0.15, -0.1) is 0 Å². The van der Waals surface area contributed by atoms with Crippen LogP contribution in [0.25, 0.3) is 0 Å². The molecule has 0 aliphatic carbocycles. The number of nitrogens with one attached hydrogen (secondary N) is 1. The van der Waals surface area contributed by atoms with Crippen LogP contribution in [-0.2, 0) is 0 Å². The van der Waals surface area contributed by atoms with Crippen LogP contribution in [0.3, 0.4) is 0 Å². The Morgan fingerprint density at radius 3 is 2.33 bits per heavy atom. The molecule has 0 unspecified atom stereocenters. The van der Waals surface area contributed by atoms with Crippen molar-refractivity contribution in [2.24, 2.45) is 0 Å². The van der Waals surface area contributed by atoms with Gasteiger partial charge in [0.15, 0.2) is 0 Å². The minimum Gasteiger partial charge on any atom is -0.315 e.